The van der Waals surface area contributed by atoms with Crippen LogP contribution in [0.2, 0.25) is 5.02 Å². The highest BCUT2D eigenvalue weighted by Crippen LogP contribution is 2.24. The Morgan fingerprint density at radius 3 is 2.57 bits per heavy atom. The zero-order chi connectivity index (χ0) is 16.3. The maximum Gasteiger partial charge on any atom is 0.244 e. The molecule has 1 aromatic rings. The van der Waals surface area contributed by atoms with Crippen molar-refractivity contribution < 1.29 is 13.5 Å². The number of anilines is 1. The highest BCUT2D eigenvalue weighted by molar-refractivity contribution is 7.89. The van der Waals surface area contributed by atoms with Gasteiger partial charge >= 0.3 is 0 Å². The average molecular weight is 336 g/mol. The Labute approximate surface area is 131 Å². The zero-order valence-corrected chi connectivity index (χ0v) is 14.3. The number of nitrogens with one attached hydrogen (secondary N) is 1. The Morgan fingerprint density at radius 2 is 2.10 bits per heavy atom. The topological polar surface area (TPSA) is 82.5 Å². The maximum atomic E-state index is 12.4. The van der Waals surface area contributed by atoms with E-state index in [2.05, 4.69) is 10.3 Å². The van der Waals surface area contributed by atoms with Gasteiger partial charge in [0, 0.05) is 26.3 Å². The van der Waals surface area contributed by atoms with Crippen LogP contribution in [0.5, 0.6) is 0 Å². The Morgan fingerprint density at radius 1 is 1.48 bits per heavy atom. The van der Waals surface area contributed by atoms with Crippen LogP contribution in [0.3, 0.4) is 0 Å². The van der Waals surface area contributed by atoms with E-state index >= 15 is 0 Å². The van der Waals surface area contributed by atoms with Gasteiger partial charge < -0.3 is 10.4 Å². The minimum absolute atomic E-state index is 0.00120. The molecule has 0 amide bonds. The Kier molecular flexibility index (Phi) is 5.98. The summed E-state index contributed by atoms with van der Waals surface area (Å²) < 4.78 is 25.8. The minimum Gasteiger partial charge on any atom is -0.389 e. The molecule has 0 unspecified atom stereocenters. The van der Waals surface area contributed by atoms with Gasteiger partial charge in [-0.2, -0.15) is 4.31 Å². The average Bonchev–Trinajstić information content (AvgIpc) is 2.35. The van der Waals surface area contributed by atoms with Crippen LogP contribution in [0.4, 0.5) is 5.82 Å². The molecule has 0 atom stereocenters. The monoisotopic (exact) mass is 335 g/mol. The van der Waals surface area contributed by atoms with Gasteiger partial charge in [0.1, 0.15) is 10.7 Å². The second-order valence-electron chi connectivity index (χ2n) is 5.50. The molecule has 0 aliphatic rings. The molecule has 0 saturated heterocycles. The van der Waals surface area contributed by atoms with Gasteiger partial charge in [0.05, 0.1) is 10.6 Å². The van der Waals surface area contributed by atoms with E-state index < -0.39 is 15.6 Å². The number of hydrogen-bond donors (Lipinski definition) is 2. The molecule has 0 spiro atoms. The van der Waals surface area contributed by atoms with Crippen molar-refractivity contribution in [2.75, 3.05) is 25.5 Å². The number of likely N-dealkylation sites (N-methyl/N-ethyl adjacent to an activating group) is 1. The molecule has 120 valence electrons. The molecule has 0 aliphatic heterocycles. The molecule has 1 rings (SSSR count). The van der Waals surface area contributed by atoms with E-state index in [9.17, 15) is 13.5 Å². The highest BCUT2D eigenvalue weighted by Gasteiger charge is 2.27. The zero-order valence-electron chi connectivity index (χ0n) is 12.7. The van der Waals surface area contributed by atoms with Gasteiger partial charge in [0.25, 0.3) is 0 Å². The number of nitrogens with zero attached hydrogens (tertiary/aromatic N) is 2. The van der Waals surface area contributed by atoms with Crippen LogP contribution in [0.15, 0.2) is 17.2 Å². The van der Waals surface area contributed by atoms with Crippen molar-refractivity contribution in [2.24, 2.45) is 0 Å². The summed E-state index contributed by atoms with van der Waals surface area (Å²) in [5.41, 5.74) is -1.12. The predicted octanol–water partition coefficient (Wildman–Crippen LogP) is 1.95. The number of aromatic nitrogens is 1. The van der Waals surface area contributed by atoms with E-state index in [1.165, 1.54) is 19.3 Å². The van der Waals surface area contributed by atoms with Crippen LogP contribution < -0.4 is 5.32 Å². The van der Waals surface area contributed by atoms with Crippen molar-refractivity contribution in [1.82, 2.24) is 9.29 Å². The van der Waals surface area contributed by atoms with E-state index in [0.717, 1.165) is 10.7 Å². The fourth-order valence-electron chi connectivity index (χ4n) is 1.74. The third kappa shape index (κ3) is 5.10. The summed E-state index contributed by atoms with van der Waals surface area (Å²) in [5, 5.41) is 13.0. The number of rotatable bonds is 7. The van der Waals surface area contributed by atoms with E-state index in [1.54, 1.807) is 13.8 Å². The first kappa shape index (κ1) is 18.2. The fourth-order valence-corrected chi connectivity index (χ4v) is 3.34. The smallest absolute Gasteiger partial charge is 0.244 e. The van der Waals surface area contributed by atoms with Crippen LogP contribution in [0, 0.1) is 0 Å². The number of hydrogen-bond acceptors (Lipinski definition) is 5. The number of sulfonamides is 1. The maximum absolute atomic E-state index is 12.4. The van der Waals surface area contributed by atoms with Gasteiger partial charge in [-0.1, -0.05) is 18.5 Å². The summed E-state index contributed by atoms with van der Waals surface area (Å²) in [4.78, 5) is 4.05. The third-order valence-electron chi connectivity index (χ3n) is 2.68. The van der Waals surface area contributed by atoms with E-state index in [-0.39, 0.29) is 16.5 Å². The molecular formula is C13H22ClN3O3S. The lowest BCUT2D eigenvalue weighted by Gasteiger charge is -2.25. The van der Waals surface area contributed by atoms with Crippen molar-refractivity contribution in [3.63, 3.8) is 0 Å². The molecule has 0 fully saturated rings. The van der Waals surface area contributed by atoms with E-state index in [4.69, 9.17) is 11.6 Å². The largest absolute Gasteiger partial charge is 0.389 e. The Hall–Kier alpha value is -0.890. The molecule has 21 heavy (non-hydrogen) atoms. The molecule has 8 heteroatoms. The summed E-state index contributed by atoms with van der Waals surface area (Å²) in [6.45, 7) is 5.77. The number of aliphatic hydroxyl groups is 1. The van der Waals surface area contributed by atoms with Gasteiger partial charge in [-0.25, -0.2) is 13.4 Å². The molecule has 0 aliphatic carbocycles. The Bertz CT molecular complexity index is 585. The second-order valence-corrected chi connectivity index (χ2v) is 7.95. The number of pyridine rings is 1. The Balaban J connectivity index is 3.01. The van der Waals surface area contributed by atoms with Gasteiger partial charge in [0.2, 0.25) is 10.0 Å². The SMILES string of the molecule is CCCNc1ncc(S(=O)(=O)N(C)CC(C)(C)O)cc1Cl. The van der Waals surface area contributed by atoms with E-state index in [0.29, 0.717) is 12.4 Å². The molecular weight excluding hydrogens is 314 g/mol. The van der Waals surface area contributed by atoms with Crippen LogP contribution in [0.25, 0.3) is 0 Å². The van der Waals surface area contributed by atoms with Crippen molar-refractivity contribution >= 4 is 27.4 Å². The first-order valence-electron chi connectivity index (χ1n) is 6.66. The van der Waals surface area contributed by atoms with Crippen LogP contribution in [-0.4, -0.2) is 48.6 Å². The van der Waals surface area contributed by atoms with Crippen molar-refractivity contribution in [3.8, 4) is 0 Å². The molecule has 2 N–H and O–H groups in total. The van der Waals surface area contributed by atoms with Gasteiger partial charge in [-0.15, -0.1) is 0 Å². The van der Waals surface area contributed by atoms with Crippen LogP contribution >= 0.6 is 11.6 Å². The lowest BCUT2D eigenvalue weighted by molar-refractivity contribution is 0.0640. The van der Waals surface area contributed by atoms with Gasteiger partial charge in [-0.3, -0.25) is 0 Å². The third-order valence-corrected chi connectivity index (χ3v) is 4.73. The van der Waals surface area contributed by atoms with Crippen molar-refractivity contribution in [1.29, 1.82) is 0 Å². The normalized spacial score (nSPS) is 12.7. The van der Waals surface area contributed by atoms with Crippen LogP contribution in [-0.2, 0) is 10.0 Å². The van der Waals surface area contributed by atoms with E-state index in [1.807, 2.05) is 6.92 Å². The lowest BCUT2D eigenvalue weighted by atomic mass is 10.1. The van der Waals surface area contributed by atoms with Crippen LogP contribution in [0.1, 0.15) is 27.2 Å². The predicted molar refractivity (Wildman–Crippen MR) is 84.1 cm³/mol. The fraction of sp³-hybridized carbons (Fsp3) is 0.615. The molecule has 0 radical (unpaired) electrons. The second kappa shape index (κ2) is 6.91. The summed E-state index contributed by atoms with van der Waals surface area (Å²) in [6.07, 6.45) is 2.17. The minimum atomic E-state index is -3.73. The summed E-state index contributed by atoms with van der Waals surface area (Å²) in [5.74, 6) is 0.461. The molecule has 0 bridgehead atoms. The number of halogens is 1. The van der Waals surface area contributed by atoms with Gasteiger partial charge in [-0.05, 0) is 26.3 Å². The molecule has 0 saturated carbocycles. The molecule has 1 aromatic heterocycles. The standard InChI is InChI=1S/C13H22ClN3O3S/c1-5-6-15-12-11(14)7-10(8-16-12)21(19,20)17(4)9-13(2,3)18/h7-8,18H,5-6,9H2,1-4H3,(H,15,16). The first-order valence-corrected chi connectivity index (χ1v) is 8.48. The lowest BCUT2D eigenvalue weighted by Crippen LogP contribution is -2.39. The first-order chi connectivity index (χ1) is 9.58. The molecule has 0 aromatic carbocycles. The molecule has 6 nitrogen and oxygen atoms in total. The highest BCUT2D eigenvalue weighted by atomic mass is 35.5. The van der Waals surface area contributed by atoms with Crippen molar-refractivity contribution in [2.45, 2.75) is 37.7 Å². The summed E-state index contributed by atoms with van der Waals surface area (Å²) in [6, 6.07) is 1.36. The van der Waals surface area contributed by atoms with Crippen molar-refractivity contribution in [3.05, 3.63) is 17.3 Å². The summed E-state index contributed by atoms with van der Waals surface area (Å²) >= 11 is 6.05. The molecule has 1 heterocycles. The van der Waals surface area contributed by atoms with Gasteiger partial charge in [0.15, 0.2) is 0 Å². The quantitative estimate of drug-likeness (QED) is 0.795. The summed E-state index contributed by atoms with van der Waals surface area (Å²) in [7, 11) is -2.33.